The molecule has 9 nitrogen and oxygen atoms in total. The number of benzene rings is 1. The molecule has 0 saturated heterocycles. The third-order valence-corrected chi connectivity index (χ3v) is 3.60. The molecule has 10 heteroatoms. The van der Waals surface area contributed by atoms with Gasteiger partial charge in [-0.1, -0.05) is 30.3 Å². The van der Waals surface area contributed by atoms with Crippen molar-refractivity contribution in [3.8, 4) is 0 Å². The fourth-order valence-electron chi connectivity index (χ4n) is 2.10. The summed E-state index contributed by atoms with van der Waals surface area (Å²) in [5.41, 5.74) is 5.53. The number of ether oxygens (including phenoxy) is 1. The fourth-order valence-corrected chi connectivity index (χ4v) is 2.19. The summed E-state index contributed by atoms with van der Waals surface area (Å²) in [5.74, 6) is -2.64. The minimum absolute atomic E-state index is 0.0196. The van der Waals surface area contributed by atoms with E-state index in [1.807, 2.05) is 0 Å². The Morgan fingerprint density at radius 2 is 1.81 bits per heavy atom. The van der Waals surface area contributed by atoms with Gasteiger partial charge in [-0.2, -0.15) is 12.6 Å². The molecule has 5 N–H and O–H groups in total. The van der Waals surface area contributed by atoms with Crippen molar-refractivity contribution in [3.05, 3.63) is 35.9 Å². The highest BCUT2D eigenvalue weighted by molar-refractivity contribution is 7.81. The van der Waals surface area contributed by atoms with Gasteiger partial charge in [-0.15, -0.1) is 0 Å². The van der Waals surface area contributed by atoms with Crippen molar-refractivity contribution >= 4 is 36.5 Å². The Balaban J connectivity index is 2.94. The summed E-state index contributed by atoms with van der Waals surface area (Å²) >= 11 is 3.78. The number of hydrogen-bond donors (Lipinski definition) is 5. The first-order valence-corrected chi connectivity index (χ1v) is 8.31. The number of hydrogen-bond acceptors (Lipinski definition) is 7. The molecule has 0 bridgehead atoms. The number of thiol groups is 1. The van der Waals surface area contributed by atoms with Crippen LogP contribution in [-0.2, 0) is 25.5 Å². The Morgan fingerprint density at radius 1 is 1.19 bits per heavy atom. The van der Waals surface area contributed by atoms with Gasteiger partial charge in [0.05, 0.1) is 11.9 Å². The lowest BCUT2D eigenvalue weighted by Crippen LogP contribution is -2.56. The first-order chi connectivity index (χ1) is 12.2. The Labute approximate surface area is 155 Å². The van der Waals surface area contributed by atoms with Crippen molar-refractivity contribution in [2.75, 3.05) is 5.75 Å². The largest absolute Gasteiger partial charge is 0.412 e. The van der Waals surface area contributed by atoms with Gasteiger partial charge >= 0.3 is 12.1 Å². The van der Waals surface area contributed by atoms with Crippen molar-refractivity contribution in [2.24, 2.45) is 5.73 Å². The van der Waals surface area contributed by atoms with Gasteiger partial charge in [0.1, 0.15) is 12.1 Å². The van der Waals surface area contributed by atoms with Crippen molar-refractivity contribution in [1.29, 1.82) is 0 Å². The molecule has 0 unspecified atom stereocenters. The summed E-state index contributed by atoms with van der Waals surface area (Å²) in [6, 6.07) is 6.12. The van der Waals surface area contributed by atoms with Crippen molar-refractivity contribution < 1.29 is 29.0 Å². The van der Waals surface area contributed by atoms with E-state index >= 15 is 0 Å². The maximum absolute atomic E-state index is 12.4. The second-order valence-corrected chi connectivity index (χ2v) is 5.75. The summed E-state index contributed by atoms with van der Waals surface area (Å²) in [5, 5.41) is 14.4. The molecule has 1 aromatic carbocycles. The van der Waals surface area contributed by atoms with Crippen LogP contribution in [0, 0.1) is 0 Å². The monoisotopic (exact) mass is 383 g/mol. The number of aliphatic hydroxyl groups excluding tert-OH is 1. The lowest BCUT2D eigenvalue weighted by atomic mass is 10.0. The molecule has 26 heavy (non-hydrogen) atoms. The van der Waals surface area contributed by atoms with E-state index < -0.39 is 42.1 Å². The topological polar surface area (TPSA) is 148 Å². The number of esters is 1. The van der Waals surface area contributed by atoms with Crippen LogP contribution in [-0.4, -0.2) is 52.9 Å². The molecule has 1 rings (SSSR count). The summed E-state index contributed by atoms with van der Waals surface area (Å²) in [4.78, 5) is 46.8. The van der Waals surface area contributed by atoms with Gasteiger partial charge in [-0.3, -0.25) is 9.59 Å². The molecule has 0 aliphatic carbocycles. The Hall–Kier alpha value is -2.59. The van der Waals surface area contributed by atoms with Gasteiger partial charge in [-0.05, 0) is 12.5 Å². The number of carbonyl (C=O) groups excluding carboxylic acids is 4. The third-order valence-electron chi connectivity index (χ3n) is 3.31. The lowest BCUT2D eigenvalue weighted by Gasteiger charge is -2.23. The lowest BCUT2D eigenvalue weighted by molar-refractivity contribution is -0.142. The Morgan fingerprint density at radius 3 is 2.31 bits per heavy atom. The fraction of sp³-hybridized carbons (Fsp3) is 0.375. The van der Waals surface area contributed by atoms with Crippen molar-refractivity contribution in [3.63, 3.8) is 0 Å². The predicted molar refractivity (Wildman–Crippen MR) is 95.2 cm³/mol. The highest BCUT2D eigenvalue weighted by atomic mass is 32.1. The number of carbonyl (C=O) groups is 4. The zero-order chi connectivity index (χ0) is 19.7. The molecule has 0 aliphatic rings. The first-order valence-electron chi connectivity index (χ1n) is 7.68. The number of amides is 3. The third kappa shape index (κ3) is 7.11. The smallest absolute Gasteiger partial charge is 0.391 e. The summed E-state index contributed by atoms with van der Waals surface area (Å²) in [6.07, 6.45) is -2.52. The van der Waals surface area contributed by atoms with E-state index in [4.69, 9.17) is 5.73 Å². The number of rotatable bonds is 8. The summed E-state index contributed by atoms with van der Waals surface area (Å²) in [6.45, 7) is 1.30. The van der Waals surface area contributed by atoms with Crippen LogP contribution in [0.25, 0.3) is 0 Å². The SMILES string of the molecule is C[C@@H](O)[C@H](NC(=O)CS)C(=O)N[C@@H](Cc1ccccc1)C(=O)OC(N)=O. The van der Waals surface area contributed by atoms with Crippen LogP contribution in [0.1, 0.15) is 12.5 Å². The summed E-state index contributed by atoms with van der Waals surface area (Å²) in [7, 11) is 0. The molecule has 3 atom stereocenters. The molecule has 0 saturated carbocycles. The first kappa shape index (κ1) is 21.5. The normalized spacial score (nSPS) is 13.8. The predicted octanol–water partition coefficient (Wildman–Crippen LogP) is -0.869. The molecule has 0 aromatic heterocycles. The Bertz CT molecular complexity index is 653. The number of nitrogens with one attached hydrogen (secondary N) is 2. The molecule has 3 amide bonds. The maximum Gasteiger partial charge on any atom is 0.412 e. The second kappa shape index (κ2) is 10.4. The van der Waals surface area contributed by atoms with Crippen LogP contribution in [0.3, 0.4) is 0 Å². The van der Waals surface area contributed by atoms with Gasteiger partial charge in [0, 0.05) is 6.42 Å². The van der Waals surface area contributed by atoms with Crippen molar-refractivity contribution in [1.82, 2.24) is 10.6 Å². The molecule has 0 aliphatic heterocycles. The van der Waals surface area contributed by atoms with E-state index in [-0.39, 0.29) is 12.2 Å². The second-order valence-electron chi connectivity index (χ2n) is 5.43. The quantitative estimate of drug-likeness (QED) is 0.224. The number of nitrogens with two attached hydrogens (primary N) is 1. The van der Waals surface area contributed by atoms with Gasteiger partial charge in [0.25, 0.3) is 0 Å². The van der Waals surface area contributed by atoms with Gasteiger partial charge < -0.3 is 26.2 Å². The van der Waals surface area contributed by atoms with E-state index in [0.29, 0.717) is 5.56 Å². The van der Waals surface area contributed by atoms with Crippen LogP contribution in [0.15, 0.2) is 30.3 Å². The van der Waals surface area contributed by atoms with Crippen molar-refractivity contribution in [2.45, 2.75) is 31.5 Å². The van der Waals surface area contributed by atoms with E-state index in [0.717, 1.165) is 0 Å². The molecule has 0 spiro atoms. The average Bonchev–Trinajstić information content (AvgIpc) is 2.58. The van der Waals surface area contributed by atoms with Gasteiger partial charge in [0.2, 0.25) is 11.8 Å². The molecular weight excluding hydrogens is 362 g/mol. The Kier molecular flexibility index (Phi) is 8.59. The highest BCUT2D eigenvalue weighted by Crippen LogP contribution is 2.06. The van der Waals surface area contributed by atoms with Crippen LogP contribution >= 0.6 is 12.6 Å². The maximum atomic E-state index is 12.4. The average molecular weight is 383 g/mol. The van der Waals surface area contributed by atoms with Crippen LogP contribution in [0.2, 0.25) is 0 Å². The minimum atomic E-state index is -1.31. The van der Waals surface area contributed by atoms with Gasteiger partial charge in [-0.25, -0.2) is 9.59 Å². The van der Waals surface area contributed by atoms with Crippen LogP contribution in [0.5, 0.6) is 0 Å². The molecule has 0 radical (unpaired) electrons. The molecule has 142 valence electrons. The summed E-state index contributed by atoms with van der Waals surface area (Å²) < 4.78 is 4.35. The number of aliphatic hydroxyl groups is 1. The highest BCUT2D eigenvalue weighted by Gasteiger charge is 2.31. The number of primary amides is 1. The molecular formula is C16H21N3O6S. The molecule has 0 fully saturated rings. The van der Waals surface area contributed by atoms with Crippen LogP contribution < -0.4 is 16.4 Å². The standard InChI is InChI=1S/C16H21N3O6S/c1-9(20)13(19-12(21)8-26)14(22)18-11(15(23)25-16(17)24)7-10-5-3-2-4-6-10/h2-6,9,11,13,20,26H,7-8H2,1H3,(H2,17,24)(H,18,22)(H,19,21)/t9-,11+,13+/m1/s1. The van der Waals surface area contributed by atoms with Gasteiger partial charge in [0.15, 0.2) is 0 Å². The van der Waals surface area contributed by atoms with E-state index in [1.54, 1.807) is 30.3 Å². The zero-order valence-electron chi connectivity index (χ0n) is 14.0. The molecule has 1 aromatic rings. The minimum Gasteiger partial charge on any atom is -0.391 e. The van der Waals surface area contributed by atoms with Crippen LogP contribution in [0.4, 0.5) is 4.79 Å². The molecule has 0 heterocycles. The van der Waals surface area contributed by atoms with E-state index in [1.165, 1.54) is 6.92 Å². The zero-order valence-corrected chi connectivity index (χ0v) is 14.9. The van der Waals surface area contributed by atoms with E-state index in [9.17, 15) is 24.3 Å². The van der Waals surface area contributed by atoms with E-state index in [2.05, 4.69) is 28.0 Å².